The summed E-state index contributed by atoms with van der Waals surface area (Å²) in [6.07, 6.45) is 3.60. The average Bonchev–Trinajstić information content (AvgIpc) is 3.61. The van der Waals surface area contributed by atoms with Gasteiger partial charge in [-0.15, -0.1) is 0 Å². The molecule has 0 saturated carbocycles. The number of aryl methyl sites for hydroxylation is 3. The average molecular weight is 474 g/mol. The minimum absolute atomic E-state index is 0.148. The molecule has 0 bridgehead atoms. The van der Waals surface area contributed by atoms with E-state index in [0.29, 0.717) is 31.5 Å². The van der Waals surface area contributed by atoms with Crippen molar-refractivity contribution in [2.45, 2.75) is 59.1 Å². The summed E-state index contributed by atoms with van der Waals surface area (Å²) < 4.78 is 1.89. The van der Waals surface area contributed by atoms with E-state index in [4.69, 9.17) is 4.84 Å². The van der Waals surface area contributed by atoms with Gasteiger partial charge in [-0.25, -0.2) is 15.3 Å². The van der Waals surface area contributed by atoms with Crippen molar-refractivity contribution in [1.82, 2.24) is 25.0 Å². The monoisotopic (exact) mass is 473 g/mol. The van der Waals surface area contributed by atoms with Crippen LogP contribution in [0.5, 0.6) is 0 Å². The summed E-state index contributed by atoms with van der Waals surface area (Å²) in [5, 5.41) is 0. The van der Waals surface area contributed by atoms with Gasteiger partial charge >= 0.3 is 5.69 Å². The Morgan fingerprint density at radius 1 is 1.11 bits per heavy atom. The lowest BCUT2D eigenvalue weighted by atomic mass is 10.1. The molecule has 9 nitrogen and oxygen atoms in total. The molecule has 3 aliphatic rings. The number of nitrogens with one attached hydrogen (secondary N) is 2. The Morgan fingerprint density at radius 3 is 2.80 bits per heavy atom. The smallest absolute Gasteiger partial charge is 0.322 e. The number of H-pyrrole nitrogens is 1. The zero-order valence-electron chi connectivity index (χ0n) is 19.8. The topological polar surface area (TPSA) is 119 Å². The van der Waals surface area contributed by atoms with Gasteiger partial charge in [-0.1, -0.05) is 24.6 Å². The van der Waals surface area contributed by atoms with E-state index in [0.717, 1.165) is 41.5 Å². The van der Waals surface area contributed by atoms with Gasteiger partial charge in [0.1, 0.15) is 6.61 Å². The second-order valence-electron chi connectivity index (χ2n) is 9.09. The maximum Gasteiger partial charge on any atom is 0.349 e. The van der Waals surface area contributed by atoms with Crippen LogP contribution >= 0.6 is 0 Å². The first kappa shape index (κ1) is 22.9. The van der Waals surface area contributed by atoms with E-state index in [-0.39, 0.29) is 17.4 Å². The maximum atomic E-state index is 12.4. The Bertz CT molecular complexity index is 1520. The molecule has 0 atom stereocenters. The predicted molar refractivity (Wildman–Crippen MR) is 131 cm³/mol. The number of unbranched alkanes of at least 4 members (excludes halogenated alkanes) is 2. The molecule has 1 amide bonds. The number of nitrogens with zero attached hydrogens (tertiary/aromatic N) is 3. The van der Waals surface area contributed by atoms with Gasteiger partial charge in [0.25, 0.3) is 5.56 Å². The number of rotatable bonds is 9. The molecule has 0 unspecified atom stereocenters. The standard InChI is InChI=1S/C26H27N5O4/c1-15-11-20-21(12-16(15)2)31(24-23(27-20)25(33)29-26(34)28-24)10-5-3-4-9-22(32)30-35-14-18-8-6-7-17-13-19(17)18/h6-8,11-12H,3-5,9-10,13-14H2,1-2H3,(H,30,32)(H,29,33,34). The highest BCUT2D eigenvalue weighted by Crippen LogP contribution is 2.31. The number of amides is 1. The molecule has 9 heteroatoms. The predicted octanol–water partition coefficient (Wildman–Crippen LogP) is 2.91. The van der Waals surface area contributed by atoms with Gasteiger partial charge < -0.3 is 4.57 Å². The molecule has 0 radical (unpaired) electrons. The second kappa shape index (κ2) is 9.42. The van der Waals surface area contributed by atoms with Crippen LogP contribution in [0.15, 0.2) is 39.9 Å². The number of benzene rings is 2. The van der Waals surface area contributed by atoms with E-state index in [9.17, 15) is 14.4 Å². The molecule has 2 aromatic rings. The number of fused-ring (bicyclic) bond motifs is 3. The lowest BCUT2D eigenvalue weighted by Gasteiger charge is -2.17. The van der Waals surface area contributed by atoms with Crippen LogP contribution in [-0.2, 0) is 29.2 Å². The molecule has 0 fully saturated rings. The largest absolute Gasteiger partial charge is 0.349 e. The van der Waals surface area contributed by atoms with E-state index < -0.39 is 11.2 Å². The van der Waals surface area contributed by atoms with Crippen LogP contribution in [-0.4, -0.2) is 25.4 Å². The fraction of sp³-hybridized carbons (Fsp3) is 0.346. The third-order valence-electron chi connectivity index (χ3n) is 6.54. The van der Waals surface area contributed by atoms with E-state index >= 15 is 0 Å². The summed E-state index contributed by atoms with van der Waals surface area (Å²) in [7, 11) is 0. The minimum atomic E-state index is -0.688. The maximum absolute atomic E-state index is 12.4. The third kappa shape index (κ3) is 4.85. The van der Waals surface area contributed by atoms with Crippen molar-refractivity contribution in [1.29, 1.82) is 0 Å². The van der Waals surface area contributed by atoms with Gasteiger partial charge in [-0.05, 0) is 73.1 Å². The summed E-state index contributed by atoms with van der Waals surface area (Å²) in [5.74, 6) is 0.131. The van der Waals surface area contributed by atoms with E-state index in [1.54, 1.807) is 0 Å². The van der Waals surface area contributed by atoms with Gasteiger partial charge in [-0.2, -0.15) is 4.98 Å². The Kier molecular flexibility index (Phi) is 6.17. The molecule has 180 valence electrons. The Balaban J connectivity index is 1.20. The summed E-state index contributed by atoms with van der Waals surface area (Å²) in [5.41, 5.74) is 8.90. The van der Waals surface area contributed by atoms with Gasteiger partial charge in [-0.3, -0.25) is 19.4 Å². The first-order valence-corrected chi connectivity index (χ1v) is 11.8. The quantitative estimate of drug-likeness (QED) is 0.193. The molecule has 0 saturated heterocycles. The fourth-order valence-corrected chi connectivity index (χ4v) is 4.40. The molecular formula is C26H27N5O4. The first-order valence-electron chi connectivity index (χ1n) is 11.8. The number of hydrogen-bond donors (Lipinski definition) is 2. The van der Waals surface area contributed by atoms with Gasteiger partial charge in [0.05, 0.1) is 11.0 Å². The highest BCUT2D eigenvalue weighted by molar-refractivity contribution is 5.81. The molecular weight excluding hydrogens is 446 g/mol. The first-order chi connectivity index (χ1) is 16.9. The SMILES string of the molecule is Cc1cc2nc3c(=O)[nH]c(=O)nc-3n(CCCCCC(=O)NOCc3cccc4c3C4)c2cc1C. The van der Waals surface area contributed by atoms with E-state index in [1.165, 1.54) is 11.1 Å². The van der Waals surface area contributed by atoms with Crippen molar-refractivity contribution in [2.24, 2.45) is 0 Å². The van der Waals surface area contributed by atoms with Crippen LogP contribution < -0.4 is 16.7 Å². The van der Waals surface area contributed by atoms with Gasteiger partial charge in [0, 0.05) is 13.0 Å². The highest BCUT2D eigenvalue weighted by Gasteiger charge is 2.20. The zero-order valence-corrected chi connectivity index (χ0v) is 19.8. The van der Waals surface area contributed by atoms with Crippen LogP contribution in [0.3, 0.4) is 0 Å². The molecule has 0 aromatic heterocycles. The number of aromatic amines is 1. The van der Waals surface area contributed by atoms with Gasteiger partial charge in [0.15, 0.2) is 11.5 Å². The van der Waals surface area contributed by atoms with E-state index in [1.807, 2.05) is 42.7 Å². The van der Waals surface area contributed by atoms with Crippen LogP contribution in [0.2, 0.25) is 0 Å². The minimum Gasteiger partial charge on any atom is -0.322 e. The van der Waals surface area contributed by atoms with Crippen molar-refractivity contribution in [2.75, 3.05) is 0 Å². The molecule has 5 rings (SSSR count). The van der Waals surface area contributed by atoms with Crippen LogP contribution in [0.25, 0.3) is 22.6 Å². The molecule has 2 heterocycles. The summed E-state index contributed by atoms with van der Waals surface area (Å²) in [6.45, 7) is 4.93. The highest BCUT2D eigenvalue weighted by atomic mass is 16.6. The Morgan fingerprint density at radius 2 is 1.94 bits per heavy atom. The number of carbonyl (C=O) groups is 1. The summed E-state index contributed by atoms with van der Waals surface area (Å²) in [6, 6.07) is 10.1. The molecule has 35 heavy (non-hydrogen) atoms. The zero-order chi connectivity index (χ0) is 24.5. The molecule has 2 N–H and O–H groups in total. The number of hydrogen-bond acceptors (Lipinski definition) is 6. The van der Waals surface area contributed by atoms with Crippen molar-refractivity contribution in [3.8, 4) is 11.5 Å². The van der Waals surface area contributed by atoms with Crippen LogP contribution in [0.1, 0.15) is 53.5 Å². The number of carbonyl (C=O) groups excluding carboxylic acids is 1. The van der Waals surface area contributed by atoms with Gasteiger partial charge in [0.2, 0.25) is 5.91 Å². The van der Waals surface area contributed by atoms with Crippen LogP contribution in [0, 0.1) is 13.8 Å². The van der Waals surface area contributed by atoms with Crippen molar-refractivity contribution in [3.63, 3.8) is 0 Å². The third-order valence-corrected chi connectivity index (χ3v) is 6.54. The molecule has 1 aliphatic carbocycles. The lowest BCUT2D eigenvalue weighted by molar-refractivity contribution is -0.134. The normalized spacial score (nSPS) is 12.2. The Hall–Kier alpha value is -3.85. The number of hydroxylamine groups is 1. The number of aromatic nitrogens is 4. The molecule has 0 spiro atoms. The van der Waals surface area contributed by atoms with Crippen molar-refractivity contribution < 1.29 is 9.63 Å². The summed E-state index contributed by atoms with van der Waals surface area (Å²) in [4.78, 5) is 52.5. The second-order valence-corrected chi connectivity index (χ2v) is 9.09. The van der Waals surface area contributed by atoms with Crippen LogP contribution in [0.4, 0.5) is 0 Å². The molecule has 2 aliphatic heterocycles. The summed E-state index contributed by atoms with van der Waals surface area (Å²) >= 11 is 0. The molecule has 2 aromatic carbocycles. The Labute approximate surface area is 201 Å². The van der Waals surface area contributed by atoms with Crippen molar-refractivity contribution in [3.05, 3.63) is 79.0 Å². The fourth-order valence-electron chi connectivity index (χ4n) is 4.40. The lowest BCUT2D eigenvalue weighted by Crippen LogP contribution is -2.29. The van der Waals surface area contributed by atoms with Crippen molar-refractivity contribution >= 4 is 16.9 Å². The van der Waals surface area contributed by atoms with E-state index in [2.05, 4.69) is 26.5 Å².